The van der Waals surface area contributed by atoms with Crippen molar-refractivity contribution in [2.75, 3.05) is 7.11 Å². The van der Waals surface area contributed by atoms with Crippen molar-refractivity contribution >= 4 is 68.5 Å². The molecule has 0 bridgehead atoms. The summed E-state index contributed by atoms with van der Waals surface area (Å²) in [6, 6.07) is 18.9. The molecule has 0 atom stereocenters. The standard InChI is InChI=1S/C15H12ClNOS.C14H10F3NS.C2H4O2.C2H6/c1-2-14(18)17-9-12(11-7-8-19-15(11)16)10-5-3-4-6-13(10)17;1-18-8-11(9-4-2-3-5-12(9)18)10-6-7-19-13(10)14(15,16)17;1-4-2-3;1-2/h3-9H,2H2,1H3;2-8H,1H3;2H,1H3;1-2H3. The Morgan fingerprint density at radius 3 is 1.93 bits per heavy atom. The molecule has 0 aliphatic carbocycles. The summed E-state index contributed by atoms with van der Waals surface area (Å²) in [5.74, 6) is 0.0915. The van der Waals surface area contributed by atoms with Gasteiger partial charge < -0.3 is 9.30 Å². The Hall–Kier alpha value is -3.86. The number of fused-ring (bicyclic) bond motifs is 2. The van der Waals surface area contributed by atoms with E-state index in [0.717, 1.165) is 48.6 Å². The van der Waals surface area contributed by atoms with Gasteiger partial charge in [-0.3, -0.25) is 14.2 Å². The number of methoxy groups -OCH3 is 1. The number of hydrogen-bond donors (Lipinski definition) is 0. The third kappa shape index (κ3) is 7.61. The molecular weight excluding hydrogens is 629 g/mol. The summed E-state index contributed by atoms with van der Waals surface area (Å²) < 4.78 is 47.1. The Balaban J connectivity index is 0.000000205. The molecule has 4 heterocycles. The Morgan fingerprint density at radius 1 is 0.864 bits per heavy atom. The summed E-state index contributed by atoms with van der Waals surface area (Å²) in [6.45, 7) is 6.24. The van der Waals surface area contributed by atoms with E-state index >= 15 is 0 Å². The molecule has 0 amide bonds. The maximum atomic E-state index is 13.0. The SMILES string of the molecule is CC.CCC(=O)n1cc(-c2ccsc2Cl)c2ccccc21.COC=O.Cn1cc(-c2ccsc2C(F)(F)F)c2ccccc21. The van der Waals surface area contributed by atoms with Crippen LogP contribution in [0.1, 0.15) is 36.9 Å². The molecule has 0 spiro atoms. The summed E-state index contributed by atoms with van der Waals surface area (Å²) in [5.41, 5.74) is 4.76. The molecule has 5 nitrogen and oxygen atoms in total. The number of ether oxygens (including phenoxy) is 1. The van der Waals surface area contributed by atoms with Gasteiger partial charge in [0.05, 0.1) is 12.6 Å². The molecule has 0 N–H and O–H groups in total. The van der Waals surface area contributed by atoms with Crippen molar-refractivity contribution in [2.24, 2.45) is 7.05 Å². The van der Waals surface area contributed by atoms with Crippen molar-refractivity contribution in [2.45, 2.75) is 33.4 Å². The van der Waals surface area contributed by atoms with Crippen molar-refractivity contribution in [3.63, 3.8) is 0 Å². The highest BCUT2D eigenvalue weighted by molar-refractivity contribution is 7.15. The number of carbonyl (C=O) groups excluding carboxylic acids is 2. The number of aromatic nitrogens is 2. The van der Waals surface area contributed by atoms with Crippen LogP contribution >= 0.6 is 34.3 Å². The van der Waals surface area contributed by atoms with Gasteiger partial charge in [0.25, 0.3) is 6.47 Å². The van der Waals surface area contributed by atoms with E-state index in [1.807, 2.05) is 98.6 Å². The van der Waals surface area contributed by atoms with Gasteiger partial charge in [0.1, 0.15) is 9.21 Å². The number of rotatable bonds is 4. The van der Waals surface area contributed by atoms with Crippen LogP contribution in [0.4, 0.5) is 13.2 Å². The van der Waals surface area contributed by atoms with Crippen LogP contribution in [0.15, 0.2) is 83.8 Å². The van der Waals surface area contributed by atoms with Gasteiger partial charge in [-0.25, -0.2) is 0 Å². The second kappa shape index (κ2) is 15.7. The number of aryl methyl sites for hydroxylation is 1. The molecule has 0 radical (unpaired) electrons. The zero-order valence-corrected chi connectivity index (χ0v) is 27.2. The molecule has 0 saturated carbocycles. The Kier molecular flexibility index (Phi) is 12.4. The van der Waals surface area contributed by atoms with E-state index in [-0.39, 0.29) is 11.5 Å². The Labute approximate surface area is 267 Å². The van der Waals surface area contributed by atoms with Gasteiger partial charge >= 0.3 is 6.18 Å². The number of benzene rings is 2. The fourth-order valence-corrected chi connectivity index (χ4v) is 6.28. The van der Waals surface area contributed by atoms with E-state index < -0.39 is 11.1 Å². The molecule has 6 aromatic rings. The molecule has 44 heavy (non-hydrogen) atoms. The number of thiophene rings is 2. The molecule has 4 aromatic heterocycles. The zero-order chi connectivity index (χ0) is 32.4. The minimum atomic E-state index is -4.31. The summed E-state index contributed by atoms with van der Waals surface area (Å²) in [5, 5.41) is 5.35. The minimum absolute atomic E-state index is 0.0915. The molecule has 11 heteroatoms. The number of hydrogen-bond acceptors (Lipinski definition) is 5. The van der Waals surface area contributed by atoms with Crippen molar-refractivity contribution in [1.82, 2.24) is 9.13 Å². The molecule has 232 valence electrons. The van der Waals surface area contributed by atoms with Gasteiger partial charge in [-0.2, -0.15) is 13.2 Å². The van der Waals surface area contributed by atoms with Crippen molar-refractivity contribution in [3.05, 3.63) is 93.0 Å². The van der Waals surface area contributed by atoms with Gasteiger partial charge in [0.15, 0.2) is 0 Å². The van der Waals surface area contributed by atoms with Crippen LogP contribution in [0.25, 0.3) is 44.1 Å². The first-order valence-corrected chi connectivity index (χ1v) is 15.8. The van der Waals surface area contributed by atoms with Crippen LogP contribution in [-0.4, -0.2) is 28.6 Å². The molecule has 2 aromatic carbocycles. The number of alkyl halides is 3. The molecule has 0 unspecified atom stereocenters. The lowest BCUT2D eigenvalue weighted by molar-refractivity contribution is -0.133. The second-order valence-electron chi connectivity index (χ2n) is 8.95. The monoisotopic (exact) mass is 660 g/mol. The van der Waals surface area contributed by atoms with Crippen LogP contribution in [0.2, 0.25) is 4.34 Å². The van der Waals surface area contributed by atoms with Gasteiger partial charge in [-0.05, 0) is 35.0 Å². The quantitative estimate of drug-likeness (QED) is 0.177. The first-order valence-electron chi connectivity index (χ1n) is 13.6. The van der Waals surface area contributed by atoms with E-state index in [1.54, 1.807) is 10.8 Å². The fourth-order valence-electron chi connectivity index (χ4n) is 4.55. The van der Waals surface area contributed by atoms with Crippen molar-refractivity contribution in [1.29, 1.82) is 0 Å². The number of nitrogens with zero attached hydrogens (tertiary/aromatic N) is 2. The van der Waals surface area contributed by atoms with Gasteiger partial charge in [-0.1, -0.05) is 68.8 Å². The van der Waals surface area contributed by atoms with E-state index in [9.17, 15) is 18.0 Å². The Morgan fingerprint density at radius 2 is 1.39 bits per heavy atom. The van der Waals surface area contributed by atoms with Crippen LogP contribution in [-0.2, 0) is 22.8 Å². The highest BCUT2D eigenvalue weighted by Gasteiger charge is 2.35. The van der Waals surface area contributed by atoms with Gasteiger partial charge in [0.2, 0.25) is 5.91 Å². The first kappa shape index (κ1) is 34.6. The molecule has 6 rings (SSSR count). The average molecular weight is 661 g/mol. The second-order valence-corrected chi connectivity index (χ2v) is 11.4. The zero-order valence-electron chi connectivity index (χ0n) is 24.8. The third-order valence-corrected chi connectivity index (χ3v) is 8.53. The van der Waals surface area contributed by atoms with E-state index in [2.05, 4.69) is 4.74 Å². The predicted molar refractivity (Wildman–Crippen MR) is 177 cm³/mol. The van der Waals surface area contributed by atoms with Crippen LogP contribution in [0, 0.1) is 0 Å². The topological polar surface area (TPSA) is 53.2 Å². The number of halogens is 4. The highest BCUT2D eigenvalue weighted by atomic mass is 35.5. The average Bonchev–Trinajstić information content (AvgIpc) is 3.83. The summed E-state index contributed by atoms with van der Waals surface area (Å²) in [4.78, 5) is 20.4. The molecule has 0 aliphatic rings. The largest absolute Gasteiger partial charge is 0.471 e. The van der Waals surface area contributed by atoms with Gasteiger partial charge in [-0.15, -0.1) is 22.7 Å². The summed E-state index contributed by atoms with van der Waals surface area (Å²) in [6.07, 6.45) is -0.178. The number of para-hydroxylation sites is 2. The van der Waals surface area contributed by atoms with E-state index in [4.69, 9.17) is 16.4 Å². The van der Waals surface area contributed by atoms with Crippen LogP contribution in [0.5, 0.6) is 0 Å². The van der Waals surface area contributed by atoms with Crippen LogP contribution in [0.3, 0.4) is 0 Å². The van der Waals surface area contributed by atoms with Crippen LogP contribution < -0.4 is 0 Å². The third-order valence-electron chi connectivity index (χ3n) is 6.40. The molecule has 0 saturated heterocycles. The predicted octanol–water partition coefficient (Wildman–Crippen LogP) is 10.8. The van der Waals surface area contributed by atoms with Gasteiger partial charge in [0, 0.05) is 64.4 Å². The maximum Gasteiger partial charge on any atom is 0.426 e. The lowest BCUT2D eigenvalue weighted by Crippen LogP contribution is -2.06. The lowest BCUT2D eigenvalue weighted by Gasteiger charge is -2.06. The minimum Gasteiger partial charge on any atom is -0.471 e. The molecule has 0 aliphatic heterocycles. The molecular formula is C33H32ClF3N2O3S2. The summed E-state index contributed by atoms with van der Waals surface area (Å²) >= 11 is 8.46. The number of carbonyl (C=O) groups is 2. The van der Waals surface area contributed by atoms with Crippen molar-refractivity contribution < 1.29 is 27.5 Å². The van der Waals surface area contributed by atoms with E-state index in [0.29, 0.717) is 18.5 Å². The Bertz CT molecular complexity index is 1830. The van der Waals surface area contributed by atoms with E-state index in [1.165, 1.54) is 29.9 Å². The maximum absolute atomic E-state index is 13.0. The molecule has 0 fully saturated rings. The lowest BCUT2D eigenvalue weighted by atomic mass is 10.1. The smallest absolute Gasteiger partial charge is 0.426 e. The first-order chi connectivity index (χ1) is 21.1. The van der Waals surface area contributed by atoms with Crippen molar-refractivity contribution in [3.8, 4) is 22.3 Å². The fraction of sp³-hybridized carbons (Fsp3) is 0.212. The normalized spacial score (nSPS) is 10.7. The highest BCUT2D eigenvalue weighted by Crippen LogP contribution is 2.43. The summed E-state index contributed by atoms with van der Waals surface area (Å²) in [7, 11) is 3.15.